The minimum Gasteiger partial charge on any atom is -0.460 e. The summed E-state index contributed by atoms with van der Waals surface area (Å²) in [6.45, 7) is 4.60. The molecule has 1 saturated carbocycles. The number of benzene rings is 1. The van der Waals surface area contributed by atoms with E-state index in [0.29, 0.717) is 35.2 Å². The first-order valence-corrected chi connectivity index (χ1v) is 11.8. The molecule has 184 valence electrons. The lowest BCUT2D eigenvalue weighted by Gasteiger charge is -2.40. The average molecular weight is 482 g/mol. The Morgan fingerprint density at radius 2 is 1.97 bits per heavy atom. The molecular formula is C26H27NO8. The molecule has 1 saturated heterocycles. The van der Waals surface area contributed by atoms with E-state index in [9.17, 15) is 19.7 Å². The third-order valence-corrected chi connectivity index (χ3v) is 7.37. The minimum atomic E-state index is -0.550. The lowest BCUT2D eigenvalue weighted by molar-refractivity contribution is -0.384. The van der Waals surface area contributed by atoms with E-state index in [1.165, 1.54) is 12.1 Å². The number of nitro groups is 1. The summed E-state index contributed by atoms with van der Waals surface area (Å²) in [7, 11) is 0. The van der Waals surface area contributed by atoms with Crippen molar-refractivity contribution in [3.05, 3.63) is 63.9 Å². The van der Waals surface area contributed by atoms with Gasteiger partial charge in [-0.2, -0.15) is 0 Å². The largest absolute Gasteiger partial charge is 0.460 e. The van der Waals surface area contributed by atoms with Crippen molar-refractivity contribution in [1.29, 1.82) is 0 Å². The van der Waals surface area contributed by atoms with Crippen LogP contribution in [-0.4, -0.2) is 35.7 Å². The van der Waals surface area contributed by atoms with Crippen molar-refractivity contribution < 1.29 is 33.1 Å². The Hall–Kier alpha value is -3.46. The predicted molar refractivity (Wildman–Crippen MR) is 123 cm³/mol. The maximum atomic E-state index is 12.9. The van der Waals surface area contributed by atoms with Crippen LogP contribution in [0.25, 0.3) is 11.3 Å². The van der Waals surface area contributed by atoms with Crippen LogP contribution in [-0.2, 0) is 30.4 Å². The number of epoxide rings is 1. The first-order valence-electron chi connectivity index (χ1n) is 11.8. The van der Waals surface area contributed by atoms with Gasteiger partial charge in [-0.25, -0.2) is 4.79 Å². The van der Waals surface area contributed by atoms with Crippen molar-refractivity contribution in [3.63, 3.8) is 0 Å². The topological polar surface area (TPSA) is 121 Å². The van der Waals surface area contributed by atoms with Gasteiger partial charge in [0.05, 0.1) is 23.0 Å². The Labute approximate surface area is 202 Å². The smallest absolute Gasteiger partial charge is 0.337 e. The summed E-state index contributed by atoms with van der Waals surface area (Å²) in [6.07, 6.45) is 3.63. The molecule has 0 unspecified atom stereocenters. The molecule has 2 fully saturated rings. The zero-order chi connectivity index (χ0) is 24.7. The fourth-order valence-corrected chi connectivity index (χ4v) is 5.38. The number of hydrogen-bond donors (Lipinski definition) is 0. The molecular weight excluding hydrogens is 454 g/mol. The van der Waals surface area contributed by atoms with Gasteiger partial charge in [0, 0.05) is 17.7 Å². The van der Waals surface area contributed by atoms with Crippen LogP contribution in [0, 0.1) is 33.8 Å². The number of allylic oxidation sites excluding steroid dienone is 1. The molecule has 4 atom stereocenters. The predicted octanol–water partition coefficient (Wildman–Crippen LogP) is 4.45. The van der Waals surface area contributed by atoms with E-state index in [-0.39, 0.29) is 36.7 Å². The molecule has 1 aromatic heterocycles. The second-order valence-corrected chi connectivity index (χ2v) is 9.80. The Bertz CT molecular complexity index is 1170. The van der Waals surface area contributed by atoms with Crippen LogP contribution in [0.5, 0.6) is 0 Å². The van der Waals surface area contributed by atoms with Crippen molar-refractivity contribution in [2.75, 3.05) is 13.2 Å². The summed E-state index contributed by atoms with van der Waals surface area (Å²) < 4.78 is 22.5. The second kappa shape index (κ2) is 8.96. The van der Waals surface area contributed by atoms with E-state index in [0.717, 1.165) is 12.8 Å². The first-order chi connectivity index (χ1) is 16.8. The highest BCUT2D eigenvalue weighted by molar-refractivity contribution is 5.90. The molecule has 0 amide bonds. The van der Waals surface area contributed by atoms with Crippen LogP contribution in [0.15, 0.2) is 52.5 Å². The molecule has 5 rings (SSSR count). The summed E-state index contributed by atoms with van der Waals surface area (Å²) in [6, 6.07) is 9.39. The fourth-order valence-electron chi connectivity index (χ4n) is 5.38. The van der Waals surface area contributed by atoms with E-state index < -0.39 is 22.4 Å². The Kier molecular flexibility index (Phi) is 5.96. The van der Waals surface area contributed by atoms with E-state index in [2.05, 4.69) is 13.8 Å². The molecule has 1 spiro atoms. The molecule has 1 aliphatic carbocycles. The van der Waals surface area contributed by atoms with Crippen molar-refractivity contribution in [2.45, 2.75) is 38.9 Å². The monoisotopic (exact) mass is 481 g/mol. The highest BCUT2D eigenvalue weighted by Gasteiger charge is 2.62. The Morgan fingerprint density at radius 1 is 1.23 bits per heavy atom. The van der Waals surface area contributed by atoms with Gasteiger partial charge in [0.1, 0.15) is 30.3 Å². The van der Waals surface area contributed by atoms with Gasteiger partial charge >= 0.3 is 11.9 Å². The number of ether oxygens (including phenoxy) is 3. The fraction of sp³-hybridized carbons (Fsp3) is 0.462. The second-order valence-electron chi connectivity index (χ2n) is 9.80. The van der Waals surface area contributed by atoms with Gasteiger partial charge in [-0.05, 0) is 54.9 Å². The minimum absolute atomic E-state index is 0.00841. The number of nitrogens with zero attached hydrogens (tertiary/aromatic N) is 1. The van der Waals surface area contributed by atoms with Crippen LogP contribution in [0.2, 0.25) is 0 Å². The summed E-state index contributed by atoms with van der Waals surface area (Å²) >= 11 is 0. The van der Waals surface area contributed by atoms with Crippen molar-refractivity contribution in [3.8, 4) is 11.3 Å². The maximum Gasteiger partial charge on any atom is 0.337 e. The molecule has 35 heavy (non-hydrogen) atoms. The molecule has 0 radical (unpaired) electrons. The average Bonchev–Trinajstić information content (AvgIpc) is 3.48. The Morgan fingerprint density at radius 3 is 2.63 bits per heavy atom. The lowest BCUT2D eigenvalue weighted by Crippen LogP contribution is -2.45. The summed E-state index contributed by atoms with van der Waals surface area (Å²) in [5.41, 5.74) is 0.541. The van der Waals surface area contributed by atoms with Crippen LogP contribution in [0.1, 0.15) is 32.4 Å². The van der Waals surface area contributed by atoms with Crippen molar-refractivity contribution in [1.82, 2.24) is 0 Å². The molecule has 1 aromatic carbocycles. The molecule has 2 aliphatic heterocycles. The molecule has 2 aromatic rings. The number of hydrogen-bond acceptors (Lipinski definition) is 8. The summed E-state index contributed by atoms with van der Waals surface area (Å²) in [4.78, 5) is 36.2. The van der Waals surface area contributed by atoms with Gasteiger partial charge in [-0.15, -0.1) is 0 Å². The molecule has 0 N–H and O–H groups in total. The zero-order valence-electron chi connectivity index (χ0n) is 19.6. The third-order valence-electron chi connectivity index (χ3n) is 7.37. The number of carbonyl (C=O) groups is 2. The zero-order valence-corrected chi connectivity index (χ0v) is 19.6. The number of carbonyl (C=O) groups excluding carboxylic acids is 2. The van der Waals surface area contributed by atoms with E-state index in [1.807, 2.05) is 6.08 Å². The van der Waals surface area contributed by atoms with Gasteiger partial charge in [0.2, 0.25) is 0 Å². The van der Waals surface area contributed by atoms with Crippen LogP contribution in [0.3, 0.4) is 0 Å². The number of furan rings is 1. The summed E-state index contributed by atoms with van der Waals surface area (Å²) in [5, 5.41) is 10.8. The van der Waals surface area contributed by atoms with Crippen LogP contribution < -0.4 is 0 Å². The van der Waals surface area contributed by atoms with Crippen molar-refractivity contribution >= 4 is 17.6 Å². The van der Waals surface area contributed by atoms with Gasteiger partial charge in [-0.1, -0.05) is 19.9 Å². The summed E-state index contributed by atoms with van der Waals surface area (Å²) in [5.74, 6) is 0.134. The Balaban J connectivity index is 1.28. The SMILES string of the molecule is CC(C)[C@H]1CC[C@@]2(CO2)[C@H]2C(=O)OCC(C(=O)OCc3ccc(-c4ccc([N+](=O)[O-])cc4)o3)=C[C@@H]12. The number of esters is 2. The normalized spacial score (nSPS) is 27.6. The first kappa shape index (κ1) is 23.3. The highest BCUT2D eigenvalue weighted by Crippen LogP contribution is 2.54. The number of fused-ring (bicyclic) bond motifs is 2. The van der Waals surface area contributed by atoms with Gasteiger partial charge < -0.3 is 18.6 Å². The maximum absolute atomic E-state index is 12.9. The van der Waals surface area contributed by atoms with Crippen molar-refractivity contribution in [2.24, 2.45) is 23.7 Å². The lowest BCUT2D eigenvalue weighted by atomic mass is 9.63. The number of non-ortho nitro benzene ring substituents is 1. The number of cyclic esters (lactones) is 1. The van der Waals surface area contributed by atoms with Crippen LogP contribution in [0.4, 0.5) is 5.69 Å². The number of rotatable bonds is 6. The van der Waals surface area contributed by atoms with E-state index >= 15 is 0 Å². The van der Waals surface area contributed by atoms with Gasteiger partial charge in [0.25, 0.3) is 5.69 Å². The van der Waals surface area contributed by atoms with Crippen LogP contribution >= 0.6 is 0 Å². The van der Waals surface area contributed by atoms with Gasteiger partial charge in [-0.3, -0.25) is 14.9 Å². The standard InChI is InChI=1S/C26H27NO8/c1-15(2)20-9-10-26(14-34-26)23-21(20)11-17(12-32-25(23)29)24(28)33-13-19-7-8-22(35-19)16-3-5-18(6-4-16)27(30)31/h3-8,11,15,20-21,23H,9-10,12-14H2,1-2H3/t20-,21+,23-,26-/m1/s1. The molecule has 9 heteroatoms. The quantitative estimate of drug-likeness (QED) is 0.257. The third kappa shape index (κ3) is 4.48. The number of nitro benzene ring substituents is 1. The molecule has 9 nitrogen and oxygen atoms in total. The highest BCUT2D eigenvalue weighted by atomic mass is 16.6. The van der Waals surface area contributed by atoms with Gasteiger partial charge in [0.15, 0.2) is 0 Å². The molecule has 3 heterocycles. The van der Waals surface area contributed by atoms with E-state index in [1.54, 1.807) is 24.3 Å². The molecule has 0 bridgehead atoms. The van der Waals surface area contributed by atoms with E-state index in [4.69, 9.17) is 18.6 Å². The molecule has 3 aliphatic rings.